The molecule has 0 atom stereocenters. The van der Waals surface area contributed by atoms with Crippen LogP contribution in [0.5, 0.6) is 0 Å². The molecule has 152 valence electrons. The molecular formula is C21H23N3O3S2. The maximum absolute atomic E-state index is 12.8. The molecule has 0 bridgehead atoms. The SMILES string of the molecule is CCSc1cccc(C(=O)N=c2sc3cc(NC(C)=O)ccc3n2CCOC)c1. The van der Waals surface area contributed by atoms with Crippen molar-refractivity contribution in [1.82, 2.24) is 4.57 Å². The zero-order valence-corrected chi connectivity index (χ0v) is 18.2. The Kier molecular flexibility index (Phi) is 7.24. The predicted octanol–water partition coefficient (Wildman–Crippen LogP) is 4.16. The second-order valence-electron chi connectivity index (χ2n) is 6.27. The molecule has 0 spiro atoms. The fourth-order valence-corrected chi connectivity index (χ4v) is 4.69. The molecule has 0 radical (unpaired) electrons. The van der Waals surface area contributed by atoms with Gasteiger partial charge in [0.15, 0.2) is 4.80 Å². The van der Waals surface area contributed by atoms with Crippen molar-refractivity contribution in [1.29, 1.82) is 0 Å². The molecule has 3 rings (SSSR count). The van der Waals surface area contributed by atoms with Crippen molar-refractivity contribution in [2.24, 2.45) is 4.99 Å². The summed E-state index contributed by atoms with van der Waals surface area (Å²) in [6.07, 6.45) is 0. The molecule has 2 aromatic carbocycles. The third kappa shape index (κ3) is 5.35. The van der Waals surface area contributed by atoms with Gasteiger partial charge in [-0.1, -0.05) is 24.3 Å². The molecule has 6 nitrogen and oxygen atoms in total. The maximum atomic E-state index is 12.8. The van der Waals surface area contributed by atoms with Crippen LogP contribution in [0, 0.1) is 0 Å². The van der Waals surface area contributed by atoms with Crippen LogP contribution in [0.3, 0.4) is 0 Å². The highest BCUT2D eigenvalue weighted by molar-refractivity contribution is 7.99. The molecule has 0 fully saturated rings. The lowest BCUT2D eigenvalue weighted by Gasteiger charge is -2.06. The van der Waals surface area contributed by atoms with E-state index in [-0.39, 0.29) is 11.8 Å². The summed E-state index contributed by atoms with van der Waals surface area (Å²) in [6, 6.07) is 13.2. The number of fused-ring (bicyclic) bond motifs is 1. The number of carbonyl (C=O) groups excluding carboxylic acids is 2. The normalized spacial score (nSPS) is 11.8. The lowest BCUT2D eigenvalue weighted by Crippen LogP contribution is -2.19. The number of methoxy groups -OCH3 is 1. The van der Waals surface area contributed by atoms with Crippen LogP contribution in [0.1, 0.15) is 24.2 Å². The topological polar surface area (TPSA) is 72.7 Å². The van der Waals surface area contributed by atoms with Crippen molar-refractivity contribution in [2.45, 2.75) is 25.3 Å². The first-order chi connectivity index (χ1) is 14.0. The summed E-state index contributed by atoms with van der Waals surface area (Å²) in [4.78, 5) is 30.2. The summed E-state index contributed by atoms with van der Waals surface area (Å²) in [5.74, 6) is 0.542. The zero-order valence-electron chi connectivity index (χ0n) is 16.6. The van der Waals surface area contributed by atoms with E-state index in [0.29, 0.717) is 29.2 Å². The molecule has 8 heteroatoms. The fraction of sp³-hybridized carbons (Fsp3) is 0.286. The smallest absolute Gasteiger partial charge is 0.279 e. The van der Waals surface area contributed by atoms with Crippen LogP contribution < -0.4 is 10.1 Å². The number of benzene rings is 2. The van der Waals surface area contributed by atoms with Gasteiger partial charge in [0, 0.05) is 36.7 Å². The Morgan fingerprint density at radius 3 is 2.79 bits per heavy atom. The Labute approximate surface area is 177 Å². The van der Waals surface area contributed by atoms with E-state index < -0.39 is 0 Å². The Morgan fingerprint density at radius 1 is 1.24 bits per heavy atom. The van der Waals surface area contributed by atoms with E-state index in [1.165, 1.54) is 18.3 Å². The Morgan fingerprint density at radius 2 is 2.07 bits per heavy atom. The number of nitrogens with zero attached hydrogens (tertiary/aromatic N) is 2. The number of thiazole rings is 1. The van der Waals surface area contributed by atoms with Crippen LogP contribution in [-0.2, 0) is 16.1 Å². The van der Waals surface area contributed by atoms with Crippen LogP contribution in [0.15, 0.2) is 52.4 Å². The van der Waals surface area contributed by atoms with Gasteiger partial charge in [0.2, 0.25) is 5.91 Å². The molecule has 3 aromatic rings. The number of amides is 2. The van der Waals surface area contributed by atoms with Crippen LogP contribution in [0.4, 0.5) is 5.69 Å². The van der Waals surface area contributed by atoms with Gasteiger partial charge in [-0.05, 0) is 42.2 Å². The lowest BCUT2D eigenvalue weighted by molar-refractivity contribution is -0.114. The molecule has 0 unspecified atom stereocenters. The maximum Gasteiger partial charge on any atom is 0.279 e. The van der Waals surface area contributed by atoms with Crippen molar-refractivity contribution in [3.63, 3.8) is 0 Å². The molecule has 1 heterocycles. The molecule has 0 aliphatic carbocycles. The van der Waals surface area contributed by atoms with Crippen molar-refractivity contribution in [3.8, 4) is 0 Å². The monoisotopic (exact) mass is 429 g/mol. The van der Waals surface area contributed by atoms with Crippen LogP contribution in [0.25, 0.3) is 10.2 Å². The van der Waals surface area contributed by atoms with Crippen LogP contribution in [-0.4, -0.2) is 35.9 Å². The number of aromatic nitrogens is 1. The van der Waals surface area contributed by atoms with Gasteiger partial charge in [-0.15, -0.1) is 11.8 Å². The third-order valence-electron chi connectivity index (χ3n) is 4.11. The molecule has 2 amide bonds. The van der Waals surface area contributed by atoms with E-state index in [2.05, 4.69) is 17.2 Å². The van der Waals surface area contributed by atoms with E-state index in [9.17, 15) is 9.59 Å². The Bertz CT molecular complexity index is 1100. The van der Waals surface area contributed by atoms with E-state index in [1.54, 1.807) is 24.9 Å². The van der Waals surface area contributed by atoms with Gasteiger partial charge in [-0.3, -0.25) is 9.59 Å². The van der Waals surface area contributed by atoms with Gasteiger partial charge in [-0.25, -0.2) is 0 Å². The lowest BCUT2D eigenvalue weighted by atomic mass is 10.2. The number of thioether (sulfide) groups is 1. The second-order valence-corrected chi connectivity index (χ2v) is 8.62. The van der Waals surface area contributed by atoms with Gasteiger partial charge < -0.3 is 14.6 Å². The van der Waals surface area contributed by atoms with E-state index in [1.807, 2.05) is 41.0 Å². The quantitative estimate of drug-likeness (QED) is 0.573. The minimum absolute atomic E-state index is 0.127. The molecule has 0 saturated heterocycles. The number of hydrogen-bond acceptors (Lipinski definition) is 5. The summed E-state index contributed by atoms with van der Waals surface area (Å²) in [5, 5.41) is 2.79. The number of nitrogens with one attached hydrogen (secondary N) is 1. The fourth-order valence-electron chi connectivity index (χ4n) is 2.88. The average molecular weight is 430 g/mol. The Hall–Kier alpha value is -2.42. The molecule has 29 heavy (non-hydrogen) atoms. The first-order valence-electron chi connectivity index (χ1n) is 9.23. The number of rotatable bonds is 7. The van der Waals surface area contributed by atoms with Crippen LogP contribution in [0.2, 0.25) is 0 Å². The summed E-state index contributed by atoms with van der Waals surface area (Å²) >= 11 is 3.11. The van der Waals surface area contributed by atoms with Crippen molar-refractivity contribution in [2.75, 3.05) is 24.8 Å². The number of ether oxygens (including phenoxy) is 1. The number of anilines is 1. The van der Waals surface area contributed by atoms with E-state index in [4.69, 9.17) is 4.74 Å². The predicted molar refractivity (Wildman–Crippen MR) is 119 cm³/mol. The summed E-state index contributed by atoms with van der Waals surface area (Å²) in [7, 11) is 1.64. The zero-order chi connectivity index (χ0) is 20.8. The summed E-state index contributed by atoms with van der Waals surface area (Å²) in [6.45, 7) is 4.63. The van der Waals surface area contributed by atoms with Gasteiger partial charge in [0.25, 0.3) is 5.91 Å². The molecule has 0 aliphatic rings. The molecule has 0 aliphatic heterocycles. The van der Waals surface area contributed by atoms with Crippen LogP contribution >= 0.6 is 23.1 Å². The number of hydrogen-bond donors (Lipinski definition) is 1. The highest BCUT2D eigenvalue weighted by Gasteiger charge is 2.11. The molecule has 1 N–H and O–H groups in total. The molecule has 1 aromatic heterocycles. The first-order valence-corrected chi connectivity index (χ1v) is 11.0. The molecule has 0 saturated carbocycles. The Balaban J connectivity index is 2.04. The van der Waals surface area contributed by atoms with E-state index in [0.717, 1.165) is 20.9 Å². The highest BCUT2D eigenvalue weighted by atomic mass is 32.2. The summed E-state index contributed by atoms with van der Waals surface area (Å²) < 4.78 is 8.14. The minimum atomic E-state index is -0.275. The third-order valence-corrected chi connectivity index (χ3v) is 6.03. The van der Waals surface area contributed by atoms with E-state index >= 15 is 0 Å². The summed E-state index contributed by atoms with van der Waals surface area (Å²) in [5.41, 5.74) is 2.23. The second kappa shape index (κ2) is 9.87. The van der Waals surface area contributed by atoms with Crippen molar-refractivity contribution in [3.05, 3.63) is 52.8 Å². The van der Waals surface area contributed by atoms with Crippen molar-refractivity contribution >= 4 is 50.8 Å². The van der Waals surface area contributed by atoms with Gasteiger partial charge in [0.1, 0.15) is 0 Å². The largest absolute Gasteiger partial charge is 0.383 e. The standard InChI is InChI=1S/C21H23N3O3S2/c1-4-28-17-7-5-6-15(12-17)20(26)23-21-24(10-11-27-3)18-9-8-16(22-14(2)25)13-19(18)29-21/h5-9,12-13H,4,10-11H2,1-3H3,(H,22,25). The van der Waals surface area contributed by atoms with Gasteiger partial charge >= 0.3 is 0 Å². The number of carbonyl (C=O) groups is 2. The minimum Gasteiger partial charge on any atom is -0.383 e. The van der Waals surface area contributed by atoms with Crippen molar-refractivity contribution < 1.29 is 14.3 Å². The highest BCUT2D eigenvalue weighted by Crippen LogP contribution is 2.23. The van der Waals surface area contributed by atoms with Gasteiger partial charge in [-0.2, -0.15) is 4.99 Å². The van der Waals surface area contributed by atoms with Gasteiger partial charge in [0.05, 0.1) is 16.8 Å². The molecular weight excluding hydrogens is 406 g/mol. The first kappa shape index (κ1) is 21.3. The average Bonchev–Trinajstić information content (AvgIpc) is 3.02.